The Labute approximate surface area is 105 Å². The second kappa shape index (κ2) is 7.91. The van der Waals surface area contributed by atoms with E-state index < -0.39 is 0 Å². The normalized spacial score (nSPS) is 20.0. The van der Waals surface area contributed by atoms with Gasteiger partial charge in [0.15, 0.2) is 0 Å². The molecule has 1 saturated heterocycles. The van der Waals surface area contributed by atoms with Crippen molar-refractivity contribution in [2.75, 3.05) is 26.7 Å². The van der Waals surface area contributed by atoms with Crippen molar-refractivity contribution in [2.24, 2.45) is 11.8 Å². The topological polar surface area (TPSA) is 32.3 Å². The molecular formula is C12H25ClN2O. The summed E-state index contributed by atoms with van der Waals surface area (Å²) >= 11 is 0. The zero-order chi connectivity index (χ0) is 11.3. The third-order valence-corrected chi connectivity index (χ3v) is 3.07. The van der Waals surface area contributed by atoms with Gasteiger partial charge in [0.2, 0.25) is 5.91 Å². The summed E-state index contributed by atoms with van der Waals surface area (Å²) in [4.78, 5) is 13.8. The summed E-state index contributed by atoms with van der Waals surface area (Å²) in [6, 6.07) is 0. The van der Waals surface area contributed by atoms with Gasteiger partial charge in [0.1, 0.15) is 0 Å². The lowest BCUT2D eigenvalue weighted by Crippen LogP contribution is -2.30. The fourth-order valence-corrected chi connectivity index (χ4v) is 2.08. The highest BCUT2D eigenvalue weighted by atomic mass is 35.5. The van der Waals surface area contributed by atoms with Crippen LogP contribution in [-0.4, -0.2) is 37.5 Å². The van der Waals surface area contributed by atoms with E-state index in [-0.39, 0.29) is 12.4 Å². The van der Waals surface area contributed by atoms with Gasteiger partial charge >= 0.3 is 0 Å². The maximum absolute atomic E-state index is 11.8. The molecule has 0 aromatic rings. The minimum Gasteiger partial charge on any atom is -0.342 e. The molecule has 1 fully saturated rings. The number of rotatable bonds is 5. The van der Waals surface area contributed by atoms with Crippen LogP contribution >= 0.6 is 12.4 Å². The Morgan fingerprint density at radius 1 is 1.50 bits per heavy atom. The minimum absolute atomic E-state index is 0. The van der Waals surface area contributed by atoms with Crippen LogP contribution in [0.3, 0.4) is 0 Å². The van der Waals surface area contributed by atoms with Crippen LogP contribution in [0.4, 0.5) is 0 Å². The maximum Gasteiger partial charge on any atom is 0.222 e. The number of carbonyl (C=O) groups is 1. The highest BCUT2D eigenvalue weighted by Crippen LogP contribution is 2.17. The van der Waals surface area contributed by atoms with Crippen LogP contribution in [0.25, 0.3) is 0 Å². The number of nitrogens with zero attached hydrogens (tertiary/aromatic N) is 1. The molecule has 1 rings (SSSR count). The lowest BCUT2D eigenvalue weighted by Gasteiger charge is -2.17. The van der Waals surface area contributed by atoms with Crippen LogP contribution in [-0.2, 0) is 4.79 Å². The van der Waals surface area contributed by atoms with Crippen LogP contribution in [0.5, 0.6) is 0 Å². The highest BCUT2D eigenvalue weighted by Gasteiger charge is 2.25. The molecule has 1 amide bonds. The summed E-state index contributed by atoms with van der Waals surface area (Å²) in [6.45, 7) is 7.29. The summed E-state index contributed by atoms with van der Waals surface area (Å²) in [5.41, 5.74) is 0. The van der Waals surface area contributed by atoms with Crippen molar-refractivity contribution in [2.45, 2.75) is 33.1 Å². The second-order valence-electron chi connectivity index (χ2n) is 4.98. The Kier molecular flexibility index (Phi) is 7.77. The number of hydrogen-bond donors (Lipinski definition) is 1. The van der Waals surface area contributed by atoms with Crippen molar-refractivity contribution < 1.29 is 4.79 Å². The number of carbonyl (C=O) groups excluding carboxylic acids is 1. The molecule has 3 nitrogen and oxygen atoms in total. The van der Waals surface area contributed by atoms with E-state index in [4.69, 9.17) is 0 Å². The second-order valence-corrected chi connectivity index (χ2v) is 4.98. The van der Waals surface area contributed by atoms with E-state index in [0.717, 1.165) is 38.9 Å². The summed E-state index contributed by atoms with van der Waals surface area (Å²) in [5, 5.41) is 3.18. The van der Waals surface area contributed by atoms with Gasteiger partial charge in [-0.15, -0.1) is 12.4 Å². The molecule has 96 valence electrons. The van der Waals surface area contributed by atoms with Crippen molar-refractivity contribution in [3.63, 3.8) is 0 Å². The first kappa shape index (κ1) is 15.7. The summed E-state index contributed by atoms with van der Waals surface area (Å²) in [7, 11) is 1.98. The Hall–Kier alpha value is -0.280. The number of nitrogens with one attached hydrogen (secondary N) is 1. The largest absolute Gasteiger partial charge is 0.342 e. The number of likely N-dealkylation sites (tertiary alicyclic amines) is 1. The fourth-order valence-electron chi connectivity index (χ4n) is 2.08. The van der Waals surface area contributed by atoms with Crippen LogP contribution in [0.1, 0.15) is 33.1 Å². The quantitative estimate of drug-likeness (QED) is 0.806. The van der Waals surface area contributed by atoms with E-state index in [1.807, 2.05) is 11.9 Å². The van der Waals surface area contributed by atoms with Gasteiger partial charge in [0.25, 0.3) is 0 Å². The van der Waals surface area contributed by atoms with Crippen molar-refractivity contribution >= 4 is 18.3 Å². The van der Waals surface area contributed by atoms with Gasteiger partial charge in [-0.1, -0.05) is 13.8 Å². The van der Waals surface area contributed by atoms with Gasteiger partial charge in [-0.3, -0.25) is 4.79 Å². The average Bonchev–Trinajstić information content (AvgIpc) is 2.63. The fraction of sp³-hybridized carbons (Fsp3) is 0.917. The molecule has 1 aliphatic rings. The van der Waals surface area contributed by atoms with E-state index in [2.05, 4.69) is 19.2 Å². The molecule has 0 spiro atoms. The monoisotopic (exact) mass is 248 g/mol. The van der Waals surface area contributed by atoms with Gasteiger partial charge in [0.05, 0.1) is 0 Å². The molecule has 0 saturated carbocycles. The molecule has 1 heterocycles. The van der Waals surface area contributed by atoms with E-state index in [9.17, 15) is 4.79 Å². The van der Waals surface area contributed by atoms with E-state index in [1.54, 1.807) is 0 Å². The number of amides is 1. The predicted molar refractivity (Wildman–Crippen MR) is 69.9 cm³/mol. The number of hydrogen-bond acceptors (Lipinski definition) is 2. The van der Waals surface area contributed by atoms with E-state index in [1.165, 1.54) is 0 Å². The molecule has 0 aromatic heterocycles. The molecule has 1 unspecified atom stereocenters. The lowest BCUT2D eigenvalue weighted by atomic mass is 10.1. The van der Waals surface area contributed by atoms with Gasteiger partial charge in [0, 0.05) is 19.5 Å². The minimum atomic E-state index is 0. The first-order chi connectivity index (χ1) is 7.13. The third kappa shape index (κ3) is 5.17. The summed E-state index contributed by atoms with van der Waals surface area (Å²) in [5.74, 6) is 1.64. The summed E-state index contributed by atoms with van der Waals surface area (Å²) in [6.07, 6.45) is 2.91. The molecule has 1 atom stereocenters. The third-order valence-electron chi connectivity index (χ3n) is 3.07. The van der Waals surface area contributed by atoms with Crippen molar-refractivity contribution in [1.82, 2.24) is 10.2 Å². The molecule has 4 heteroatoms. The number of halogens is 1. The average molecular weight is 249 g/mol. The SMILES string of the molecule is CNCC1CCN(C(=O)CCC(C)C)C1.Cl. The molecule has 0 aromatic carbocycles. The zero-order valence-corrected chi connectivity index (χ0v) is 11.5. The van der Waals surface area contributed by atoms with Crippen LogP contribution in [0.15, 0.2) is 0 Å². The first-order valence-corrected chi connectivity index (χ1v) is 6.05. The standard InChI is InChI=1S/C12H24N2O.ClH/c1-10(2)4-5-12(15)14-7-6-11(9-14)8-13-3;/h10-11,13H,4-9H2,1-3H3;1H. The Morgan fingerprint density at radius 2 is 2.19 bits per heavy atom. The maximum atomic E-state index is 11.8. The Morgan fingerprint density at radius 3 is 2.75 bits per heavy atom. The molecule has 1 N–H and O–H groups in total. The Balaban J connectivity index is 0.00000225. The highest BCUT2D eigenvalue weighted by molar-refractivity contribution is 5.85. The molecule has 1 aliphatic heterocycles. The van der Waals surface area contributed by atoms with Crippen LogP contribution < -0.4 is 5.32 Å². The van der Waals surface area contributed by atoms with Crippen molar-refractivity contribution in [3.8, 4) is 0 Å². The first-order valence-electron chi connectivity index (χ1n) is 6.05. The lowest BCUT2D eigenvalue weighted by molar-refractivity contribution is -0.130. The van der Waals surface area contributed by atoms with Gasteiger partial charge in [-0.05, 0) is 38.3 Å². The molecule has 0 bridgehead atoms. The molecule has 0 radical (unpaired) electrons. The van der Waals surface area contributed by atoms with Crippen LogP contribution in [0.2, 0.25) is 0 Å². The van der Waals surface area contributed by atoms with Gasteiger partial charge < -0.3 is 10.2 Å². The van der Waals surface area contributed by atoms with Crippen molar-refractivity contribution in [3.05, 3.63) is 0 Å². The van der Waals surface area contributed by atoms with Crippen LogP contribution in [0, 0.1) is 11.8 Å². The van der Waals surface area contributed by atoms with Gasteiger partial charge in [-0.2, -0.15) is 0 Å². The van der Waals surface area contributed by atoms with E-state index >= 15 is 0 Å². The molecular weight excluding hydrogens is 224 g/mol. The Bertz CT molecular complexity index is 209. The molecule has 16 heavy (non-hydrogen) atoms. The van der Waals surface area contributed by atoms with E-state index in [0.29, 0.717) is 17.7 Å². The predicted octanol–water partition coefficient (Wildman–Crippen LogP) is 1.91. The van der Waals surface area contributed by atoms with Crippen molar-refractivity contribution in [1.29, 1.82) is 0 Å². The smallest absolute Gasteiger partial charge is 0.222 e. The van der Waals surface area contributed by atoms with Gasteiger partial charge in [-0.25, -0.2) is 0 Å². The zero-order valence-electron chi connectivity index (χ0n) is 10.7. The summed E-state index contributed by atoms with van der Waals surface area (Å²) < 4.78 is 0. The molecule has 0 aliphatic carbocycles.